The van der Waals surface area contributed by atoms with Gasteiger partial charge in [-0.15, -0.1) is 0 Å². The summed E-state index contributed by atoms with van der Waals surface area (Å²) in [6.45, 7) is 6.75. The first-order chi connectivity index (χ1) is 9.57. The molecule has 1 amide bonds. The Hall–Kier alpha value is -1.47. The fourth-order valence-electron chi connectivity index (χ4n) is 2.06. The van der Waals surface area contributed by atoms with E-state index < -0.39 is 27.3 Å². The Kier molecular flexibility index (Phi) is 5.47. The Labute approximate surface area is 125 Å². The lowest BCUT2D eigenvalue weighted by atomic mass is 10.0. The van der Waals surface area contributed by atoms with Crippen molar-refractivity contribution in [3.8, 4) is 0 Å². The van der Waals surface area contributed by atoms with Gasteiger partial charge in [-0.1, -0.05) is 13.3 Å². The van der Waals surface area contributed by atoms with Gasteiger partial charge in [0.2, 0.25) is 15.9 Å². The summed E-state index contributed by atoms with van der Waals surface area (Å²) in [5.74, 6) is -1.15. The molecule has 1 aromatic rings. The molecule has 0 unspecified atom stereocenters. The first-order valence-electron chi connectivity index (χ1n) is 6.68. The van der Waals surface area contributed by atoms with Gasteiger partial charge >= 0.3 is 0 Å². The predicted octanol–water partition coefficient (Wildman–Crippen LogP) is 2.64. The van der Waals surface area contributed by atoms with Crippen molar-refractivity contribution in [2.45, 2.75) is 51.0 Å². The normalized spacial score (nSPS) is 12.2. The van der Waals surface area contributed by atoms with Crippen molar-refractivity contribution in [2.24, 2.45) is 0 Å². The van der Waals surface area contributed by atoms with Gasteiger partial charge < -0.3 is 5.32 Å². The molecule has 21 heavy (non-hydrogen) atoms. The lowest BCUT2D eigenvalue weighted by Gasteiger charge is -2.25. The van der Waals surface area contributed by atoms with Crippen molar-refractivity contribution >= 4 is 21.6 Å². The molecule has 0 aliphatic rings. The Balaban J connectivity index is 3.12. The standard InChI is InChI=1S/C14H21FN2O3S/c1-5-8-14(3,4)17-21(19,20)11-6-7-12(15)13(9-11)16-10(2)18/h6-7,9,17H,5,8H2,1-4H3,(H,16,18). The molecule has 0 fully saturated rings. The van der Waals surface area contributed by atoms with Crippen molar-refractivity contribution in [3.63, 3.8) is 0 Å². The first kappa shape index (κ1) is 17.6. The molecular weight excluding hydrogens is 295 g/mol. The van der Waals surface area contributed by atoms with Gasteiger partial charge in [0.25, 0.3) is 0 Å². The third kappa shape index (κ3) is 5.09. The molecule has 0 atom stereocenters. The number of hydrogen-bond donors (Lipinski definition) is 2. The van der Waals surface area contributed by atoms with Crippen molar-refractivity contribution < 1.29 is 17.6 Å². The van der Waals surface area contributed by atoms with Crippen molar-refractivity contribution in [2.75, 3.05) is 5.32 Å². The maximum Gasteiger partial charge on any atom is 0.241 e. The maximum atomic E-state index is 13.5. The van der Waals surface area contributed by atoms with Gasteiger partial charge in [0.1, 0.15) is 5.82 Å². The molecular formula is C14H21FN2O3S. The molecule has 5 nitrogen and oxygen atoms in total. The number of amides is 1. The number of carbonyl (C=O) groups excluding carboxylic acids is 1. The van der Waals surface area contributed by atoms with Crippen LogP contribution in [0.2, 0.25) is 0 Å². The summed E-state index contributed by atoms with van der Waals surface area (Å²) >= 11 is 0. The van der Waals surface area contributed by atoms with E-state index in [-0.39, 0.29) is 10.6 Å². The number of benzene rings is 1. The number of anilines is 1. The summed E-state index contributed by atoms with van der Waals surface area (Å²) < 4.78 is 40.8. The van der Waals surface area contributed by atoms with Crippen LogP contribution in [0.4, 0.5) is 10.1 Å². The second-order valence-corrected chi connectivity index (χ2v) is 7.24. The number of rotatable bonds is 6. The number of halogens is 1. The maximum absolute atomic E-state index is 13.5. The molecule has 1 aromatic carbocycles. The van der Waals surface area contributed by atoms with Crippen LogP contribution >= 0.6 is 0 Å². The molecule has 0 aromatic heterocycles. The van der Waals surface area contributed by atoms with E-state index >= 15 is 0 Å². The number of carbonyl (C=O) groups is 1. The molecule has 0 bridgehead atoms. The molecule has 0 saturated carbocycles. The molecule has 0 aliphatic heterocycles. The van der Waals surface area contributed by atoms with Crippen LogP contribution in [0.3, 0.4) is 0 Å². The third-order valence-electron chi connectivity index (χ3n) is 2.84. The van der Waals surface area contributed by atoms with Crippen LogP contribution in [0, 0.1) is 5.82 Å². The van der Waals surface area contributed by atoms with E-state index in [1.165, 1.54) is 13.0 Å². The summed E-state index contributed by atoms with van der Waals surface area (Å²) in [5.41, 5.74) is -0.755. The Morgan fingerprint density at radius 2 is 1.95 bits per heavy atom. The average molecular weight is 316 g/mol. The smallest absolute Gasteiger partial charge is 0.241 e. The molecule has 2 N–H and O–H groups in total. The lowest BCUT2D eigenvalue weighted by molar-refractivity contribution is -0.114. The highest BCUT2D eigenvalue weighted by atomic mass is 32.2. The molecule has 0 spiro atoms. The minimum absolute atomic E-state index is 0.0863. The van der Waals surface area contributed by atoms with Gasteiger partial charge in [0.15, 0.2) is 0 Å². The minimum atomic E-state index is -3.78. The van der Waals surface area contributed by atoms with Crippen LogP contribution in [-0.4, -0.2) is 19.9 Å². The fourth-order valence-corrected chi connectivity index (χ4v) is 3.52. The average Bonchev–Trinajstić information content (AvgIpc) is 2.29. The molecule has 0 heterocycles. The highest BCUT2D eigenvalue weighted by Crippen LogP contribution is 2.22. The lowest BCUT2D eigenvalue weighted by Crippen LogP contribution is -2.43. The second-order valence-electron chi connectivity index (χ2n) is 5.56. The van der Waals surface area contributed by atoms with Crippen LogP contribution in [0.5, 0.6) is 0 Å². The number of hydrogen-bond acceptors (Lipinski definition) is 3. The fraction of sp³-hybridized carbons (Fsp3) is 0.500. The number of nitrogens with one attached hydrogen (secondary N) is 2. The van der Waals surface area contributed by atoms with Gasteiger partial charge in [-0.3, -0.25) is 4.79 Å². The Morgan fingerprint density at radius 1 is 1.33 bits per heavy atom. The minimum Gasteiger partial charge on any atom is -0.324 e. The third-order valence-corrected chi connectivity index (χ3v) is 4.54. The quantitative estimate of drug-likeness (QED) is 0.847. The van der Waals surface area contributed by atoms with E-state index in [9.17, 15) is 17.6 Å². The Bertz CT molecular complexity index is 627. The van der Waals surface area contributed by atoms with E-state index in [1.54, 1.807) is 13.8 Å². The van der Waals surface area contributed by atoms with Crippen LogP contribution in [0.15, 0.2) is 23.1 Å². The van der Waals surface area contributed by atoms with Crippen LogP contribution in [0.25, 0.3) is 0 Å². The van der Waals surface area contributed by atoms with E-state index in [2.05, 4.69) is 10.0 Å². The van der Waals surface area contributed by atoms with Gasteiger partial charge in [0, 0.05) is 12.5 Å². The van der Waals surface area contributed by atoms with Crippen molar-refractivity contribution in [1.82, 2.24) is 4.72 Å². The largest absolute Gasteiger partial charge is 0.324 e. The zero-order valence-electron chi connectivity index (χ0n) is 12.7. The van der Waals surface area contributed by atoms with Crippen LogP contribution < -0.4 is 10.0 Å². The summed E-state index contributed by atoms with van der Waals surface area (Å²) in [6.07, 6.45) is 1.50. The van der Waals surface area contributed by atoms with Gasteiger partial charge in [0.05, 0.1) is 10.6 Å². The predicted molar refractivity (Wildman–Crippen MR) is 80.0 cm³/mol. The first-order valence-corrected chi connectivity index (χ1v) is 8.17. The van der Waals surface area contributed by atoms with Crippen molar-refractivity contribution in [1.29, 1.82) is 0 Å². The zero-order chi connectivity index (χ0) is 16.3. The van der Waals surface area contributed by atoms with Crippen LogP contribution in [-0.2, 0) is 14.8 Å². The van der Waals surface area contributed by atoms with Gasteiger partial charge in [-0.05, 0) is 38.5 Å². The van der Waals surface area contributed by atoms with E-state index in [4.69, 9.17) is 0 Å². The molecule has 7 heteroatoms. The molecule has 0 saturated heterocycles. The molecule has 118 valence electrons. The second kappa shape index (κ2) is 6.53. The highest BCUT2D eigenvalue weighted by molar-refractivity contribution is 7.89. The molecule has 1 rings (SSSR count). The SMILES string of the molecule is CCCC(C)(C)NS(=O)(=O)c1ccc(F)c(NC(C)=O)c1. The van der Waals surface area contributed by atoms with Gasteiger partial charge in [-0.2, -0.15) is 0 Å². The number of sulfonamides is 1. The monoisotopic (exact) mass is 316 g/mol. The van der Waals surface area contributed by atoms with E-state index in [0.717, 1.165) is 18.6 Å². The van der Waals surface area contributed by atoms with Crippen molar-refractivity contribution in [3.05, 3.63) is 24.0 Å². The summed E-state index contributed by atoms with van der Waals surface area (Å²) in [6, 6.07) is 3.30. The molecule has 0 radical (unpaired) electrons. The topological polar surface area (TPSA) is 75.3 Å². The van der Waals surface area contributed by atoms with E-state index in [1.807, 2.05) is 6.92 Å². The summed E-state index contributed by atoms with van der Waals surface area (Å²) in [4.78, 5) is 10.9. The summed E-state index contributed by atoms with van der Waals surface area (Å²) in [7, 11) is -3.78. The van der Waals surface area contributed by atoms with Gasteiger partial charge in [-0.25, -0.2) is 17.5 Å². The van der Waals surface area contributed by atoms with Crippen LogP contribution in [0.1, 0.15) is 40.5 Å². The molecule has 0 aliphatic carbocycles. The van der Waals surface area contributed by atoms with E-state index in [0.29, 0.717) is 6.42 Å². The zero-order valence-corrected chi connectivity index (χ0v) is 13.5. The highest BCUT2D eigenvalue weighted by Gasteiger charge is 2.26. The Morgan fingerprint density at radius 3 is 2.48 bits per heavy atom. The summed E-state index contributed by atoms with van der Waals surface area (Å²) in [5, 5.41) is 2.27.